The lowest BCUT2D eigenvalue weighted by molar-refractivity contribution is -0.146. The number of carbonyl (C=O) groups is 10. The molecule has 416 valence electrons. The fraction of sp³-hybridized carbons (Fsp3) is 0.771. The zero-order valence-corrected chi connectivity index (χ0v) is 46.2. The Morgan fingerprint density at radius 2 is 1.42 bits per heavy atom. The van der Waals surface area contributed by atoms with Crippen molar-refractivity contribution in [1.29, 1.82) is 0 Å². The molecular weight excluding hydrogens is 967 g/mol. The average molecular weight is 1050 g/mol. The predicted octanol–water partition coefficient (Wildman–Crippen LogP) is -1.72. The van der Waals surface area contributed by atoms with Crippen LogP contribution in [0.5, 0.6) is 0 Å². The molecule has 1 aliphatic rings. The zero-order valence-electron chi connectivity index (χ0n) is 45.3. The van der Waals surface area contributed by atoms with Crippen LogP contribution in [-0.2, 0) is 47.9 Å². The second kappa shape index (κ2) is 31.8. The predicted molar refractivity (Wildman–Crippen MR) is 279 cm³/mol. The number of likely N-dealkylation sites (tertiary alicyclic amines) is 1. The van der Waals surface area contributed by atoms with Crippen molar-refractivity contribution in [2.75, 3.05) is 58.8 Å². The molecular formula is C48H87N13O11S. The summed E-state index contributed by atoms with van der Waals surface area (Å²) in [5.74, 6) is -7.02. The summed E-state index contributed by atoms with van der Waals surface area (Å²) in [6.07, 6.45) is 2.65. The third-order valence-electron chi connectivity index (χ3n) is 12.7. The number of aliphatic hydroxyl groups is 1. The first-order chi connectivity index (χ1) is 34.1. The Labute approximate surface area is 435 Å². The van der Waals surface area contributed by atoms with E-state index in [9.17, 15) is 53.1 Å². The van der Waals surface area contributed by atoms with Gasteiger partial charge in [0.2, 0.25) is 59.1 Å². The van der Waals surface area contributed by atoms with Gasteiger partial charge in [0.05, 0.1) is 19.2 Å². The van der Waals surface area contributed by atoms with E-state index in [1.54, 1.807) is 54.7 Å². The number of nitrogens with zero attached hydrogens (tertiary/aromatic N) is 4. The molecule has 73 heavy (non-hydrogen) atoms. The quantitative estimate of drug-likeness (QED) is 0.0210. The Hall–Kier alpha value is -5.72. The van der Waals surface area contributed by atoms with Crippen molar-refractivity contribution in [2.45, 2.75) is 163 Å². The molecule has 0 spiro atoms. The third-order valence-corrected chi connectivity index (χ3v) is 13.8. The highest BCUT2D eigenvalue weighted by Gasteiger charge is 2.43. The number of likely N-dealkylation sites (N-methyl/N-ethyl adjacent to an activating group) is 3. The van der Waals surface area contributed by atoms with Crippen molar-refractivity contribution in [1.82, 2.24) is 51.9 Å². The minimum Gasteiger partial charge on any atom is -0.391 e. The van der Waals surface area contributed by atoms with E-state index in [0.29, 0.717) is 50.9 Å². The number of rotatable bonds is 31. The maximum Gasteiger partial charge on any atom is 0.248 e. The number of guanidine groups is 1. The summed E-state index contributed by atoms with van der Waals surface area (Å²) in [6, 6.07) is -8.39. The number of carbonyl (C=O) groups excluding carboxylic acids is 10. The van der Waals surface area contributed by atoms with E-state index in [0.717, 1.165) is 9.80 Å². The van der Waals surface area contributed by atoms with Crippen LogP contribution < -0.4 is 48.7 Å². The molecule has 0 bridgehead atoms. The first-order valence-electron chi connectivity index (χ1n) is 25.2. The molecule has 0 radical (unpaired) electrons. The Kier molecular flexibility index (Phi) is 28.4. The molecule has 0 saturated carbocycles. The topological polar surface area (TPSA) is 349 Å². The number of nitrogens with two attached hydrogens (primary N) is 2. The lowest BCUT2D eigenvalue weighted by Gasteiger charge is -2.37. The van der Waals surface area contributed by atoms with Crippen molar-refractivity contribution >= 4 is 76.8 Å². The lowest BCUT2D eigenvalue weighted by Crippen LogP contribution is -2.64. The van der Waals surface area contributed by atoms with Crippen LogP contribution in [0, 0.1) is 17.3 Å². The standard InChI is InChI=1S/C48H87N13O11S/c1-14-19-32(41(67)56-37(28(6)15-2)43(69)54-31(20-17-22-52-47(49)50)45(71)61-23-18-21-33(61)40(66)51-16-3)60(12)46(72)38(29(7)62)57-44(70)39(48(9,10)26-73-13)58-42(68)36(27(4)5)55-34(64)24-53-35(65)25-59(11)30(8)63/h27-29,31-33,36-39,62H,14-26H2,1-13H3,(H,51,66)(H,53,65)(H,54,69)(H,55,64)(H,56,67)(H,57,70)(H,58,68)(H4,49,50,52)/t28-,29+,31-,32-,33-,36-,37-,38-,39-/m0/s1. The van der Waals surface area contributed by atoms with Crippen LogP contribution in [0.25, 0.3) is 0 Å². The second-order valence-electron chi connectivity index (χ2n) is 19.8. The fourth-order valence-corrected chi connectivity index (χ4v) is 9.08. The molecule has 0 aromatic rings. The van der Waals surface area contributed by atoms with Gasteiger partial charge in [-0.25, -0.2) is 0 Å². The van der Waals surface area contributed by atoms with Crippen LogP contribution in [-0.4, -0.2) is 192 Å². The molecule has 0 aliphatic carbocycles. The SMILES string of the molecule is CCC[C@@H](C(=O)N[C@H](C(=O)N[C@@H](CCCN=C(N)N)C(=O)N1CCC[C@H]1C(=O)NCC)[C@@H](C)CC)N(C)C(=O)[C@@H](NC(=O)[C@H](NC(=O)[C@@H](NC(=O)CNC(=O)CN(C)C(C)=O)C(C)C)C(C)(C)CSC)[C@@H](C)O. The van der Waals surface area contributed by atoms with E-state index < -0.39 is 119 Å². The van der Waals surface area contributed by atoms with Gasteiger partial charge in [0, 0.05) is 51.8 Å². The molecule has 25 heteroatoms. The maximum atomic E-state index is 14.4. The van der Waals surface area contributed by atoms with Gasteiger partial charge in [-0.15, -0.1) is 0 Å². The van der Waals surface area contributed by atoms with Gasteiger partial charge in [0.1, 0.15) is 42.3 Å². The molecule has 24 nitrogen and oxygen atoms in total. The molecule has 1 saturated heterocycles. The van der Waals surface area contributed by atoms with Gasteiger partial charge in [0.25, 0.3) is 0 Å². The molecule has 1 rings (SSSR count). The summed E-state index contributed by atoms with van der Waals surface area (Å²) < 4.78 is 0. The fourth-order valence-electron chi connectivity index (χ4n) is 8.17. The Balaban J connectivity index is 3.47. The minimum absolute atomic E-state index is 0.104. The molecule has 1 aliphatic heterocycles. The molecule has 0 aromatic carbocycles. The van der Waals surface area contributed by atoms with E-state index in [1.165, 1.54) is 44.6 Å². The number of thioether (sulfide) groups is 1. The van der Waals surface area contributed by atoms with Crippen LogP contribution >= 0.6 is 11.8 Å². The van der Waals surface area contributed by atoms with Crippen molar-refractivity contribution in [3.8, 4) is 0 Å². The average Bonchev–Trinajstić information content (AvgIpc) is 3.82. The summed E-state index contributed by atoms with van der Waals surface area (Å²) in [7, 11) is 2.76. The van der Waals surface area contributed by atoms with E-state index in [2.05, 4.69) is 42.2 Å². The van der Waals surface area contributed by atoms with Gasteiger partial charge in [-0.1, -0.05) is 61.3 Å². The van der Waals surface area contributed by atoms with E-state index in [1.807, 2.05) is 6.92 Å². The van der Waals surface area contributed by atoms with Crippen molar-refractivity contribution in [2.24, 2.45) is 33.7 Å². The Morgan fingerprint density at radius 3 is 1.96 bits per heavy atom. The van der Waals surface area contributed by atoms with E-state index >= 15 is 0 Å². The van der Waals surface area contributed by atoms with Gasteiger partial charge < -0.3 is 68.5 Å². The largest absolute Gasteiger partial charge is 0.391 e. The van der Waals surface area contributed by atoms with Gasteiger partial charge >= 0.3 is 0 Å². The van der Waals surface area contributed by atoms with Crippen molar-refractivity contribution < 1.29 is 53.1 Å². The smallest absolute Gasteiger partial charge is 0.248 e. The maximum absolute atomic E-state index is 14.4. The molecule has 9 atom stereocenters. The monoisotopic (exact) mass is 1050 g/mol. The first kappa shape index (κ1) is 65.3. The Bertz CT molecular complexity index is 1930. The van der Waals surface area contributed by atoms with Crippen LogP contribution in [0.4, 0.5) is 0 Å². The van der Waals surface area contributed by atoms with Gasteiger partial charge in [-0.05, 0) is 64.0 Å². The molecule has 1 heterocycles. The summed E-state index contributed by atoms with van der Waals surface area (Å²) in [6.45, 7) is 16.5. The van der Waals surface area contributed by atoms with E-state index in [-0.39, 0.29) is 43.7 Å². The highest BCUT2D eigenvalue weighted by atomic mass is 32.2. The Morgan fingerprint density at radius 1 is 0.808 bits per heavy atom. The van der Waals surface area contributed by atoms with Crippen LogP contribution in [0.15, 0.2) is 4.99 Å². The number of amides is 10. The van der Waals surface area contributed by atoms with Crippen molar-refractivity contribution in [3.63, 3.8) is 0 Å². The molecule has 0 aromatic heterocycles. The summed E-state index contributed by atoms with van der Waals surface area (Å²) in [5, 5.41) is 29.8. The van der Waals surface area contributed by atoms with E-state index in [4.69, 9.17) is 11.5 Å². The normalized spacial score (nSPS) is 16.7. The van der Waals surface area contributed by atoms with Crippen molar-refractivity contribution in [3.05, 3.63) is 0 Å². The molecule has 10 amide bonds. The molecule has 0 unspecified atom stereocenters. The van der Waals surface area contributed by atoms with Gasteiger partial charge in [-0.2, -0.15) is 11.8 Å². The van der Waals surface area contributed by atoms with Gasteiger partial charge in [-0.3, -0.25) is 52.9 Å². The summed E-state index contributed by atoms with van der Waals surface area (Å²) in [5.41, 5.74) is 10.0. The number of hydrogen-bond acceptors (Lipinski definition) is 13. The van der Waals surface area contributed by atoms with Gasteiger partial charge in [0.15, 0.2) is 5.96 Å². The number of nitrogens with one attached hydrogen (secondary N) is 7. The highest BCUT2D eigenvalue weighted by Crippen LogP contribution is 2.27. The zero-order chi connectivity index (χ0) is 55.9. The first-order valence-corrected chi connectivity index (χ1v) is 26.6. The minimum atomic E-state index is -1.63. The number of aliphatic imine (C=N–C) groups is 1. The van der Waals surface area contributed by atoms with Crippen LogP contribution in [0.1, 0.15) is 114 Å². The number of aliphatic hydroxyl groups excluding tert-OH is 1. The lowest BCUT2D eigenvalue weighted by atomic mass is 9.85. The molecule has 12 N–H and O–H groups in total. The summed E-state index contributed by atoms with van der Waals surface area (Å²) in [4.78, 5) is 143. The number of hydrogen-bond donors (Lipinski definition) is 10. The van der Waals surface area contributed by atoms with Crippen LogP contribution in [0.3, 0.4) is 0 Å². The summed E-state index contributed by atoms with van der Waals surface area (Å²) >= 11 is 1.39. The van der Waals surface area contributed by atoms with Crippen LogP contribution in [0.2, 0.25) is 0 Å². The third kappa shape index (κ3) is 21.0. The second-order valence-corrected chi connectivity index (χ2v) is 20.6. The molecule has 1 fully saturated rings. The highest BCUT2D eigenvalue weighted by molar-refractivity contribution is 7.98.